The Morgan fingerprint density at radius 3 is 2.82 bits per heavy atom. The van der Waals surface area contributed by atoms with Crippen LogP contribution in [0.1, 0.15) is 5.69 Å². The highest BCUT2D eigenvalue weighted by atomic mass is 79.9. The van der Waals surface area contributed by atoms with Crippen LogP contribution in [0.25, 0.3) is 0 Å². The van der Waals surface area contributed by atoms with E-state index in [1.54, 1.807) is 0 Å². The zero-order valence-electron chi connectivity index (χ0n) is 8.90. The molecule has 0 aliphatic carbocycles. The summed E-state index contributed by atoms with van der Waals surface area (Å²) in [6.45, 7) is 1.89. The Labute approximate surface area is 110 Å². The summed E-state index contributed by atoms with van der Waals surface area (Å²) >= 11 is 4.63. The first-order chi connectivity index (χ1) is 8.04. The van der Waals surface area contributed by atoms with Crippen LogP contribution in [0.4, 0.5) is 5.82 Å². The molecule has 0 spiro atoms. The van der Waals surface area contributed by atoms with E-state index in [1.165, 1.54) is 17.8 Å². The van der Waals surface area contributed by atoms with Gasteiger partial charge in [-0.3, -0.25) is 4.79 Å². The third-order valence-electron chi connectivity index (χ3n) is 1.94. The summed E-state index contributed by atoms with van der Waals surface area (Å²) in [5.74, 6) is 0.199. The maximum atomic E-state index is 11.2. The van der Waals surface area contributed by atoms with Crippen molar-refractivity contribution in [3.05, 3.63) is 38.7 Å². The number of anilines is 1. The third-order valence-corrected chi connectivity index (χ3v) is 3.60. The molecule has 88 valence electrons. The van der Waals surface area contributed by atoms with E-state index in [-0.39, 0.29) is 11.4 Å². The molecule has 0 bridgehead atoms. The second-order valence-corrected chi connectivity index (χ2v) is 5.16. The molecule has 2 rings (SSSR count). The molecule has 0 atom stereocenters. The number of rotatable bonds is 2. The minimum absolute atomic E-state index is 0.199. The van der Waals surface area contributed by atoms with Crippen LogP contribution in [-0.2, 0) is 0 Å². The molecule has 0 aromatic carbocycles. The Balaban J connectivity index is 2.31. The topological polar surface area (TPSA) is 84.7 Å². The molecule has 5 nitrogen and oxygen atoms in total. The van der Waals surface area contributed by atoms with E-state index in [4.69, 9.17) is 5.73 Å². The lowest BCUT2D eigenvalue weighted by molar-refractivity contribution is 0.937. The summed E-state index contributed by atoms with van der Waals surface area (Å²) in [5, 5.41) is 1.18. The molecule has 2 aromatic heterocycles. The quantitative estimate of drug-likeness (QED) is 0.828. The van der Waals surface area contributed by atoms with Gasteiger partial charge in [0.25, 0.3) is 5.56 Å². The van der Waals surface area contributed by atoms with Gasteiger partial charge in [0.1, 0.15) is 10.8 Å². The molecule has 0 amide bonds. The highest BCUT2D eigenvalue weighted by Crippen LogP contribution is 2.24. The number of hydrogen-bond donors (Lipinski definition) is 2. The van der Waals surface area contributed by atoms with E-state index in [0.29, 0.717) is 5.16 Å². The molecule has 2 heterocycles. The van der Waals surface area contributed by atoms with E-state index in [2.05, 4.69) is 30.9 Å². The first-order valence-corrected chi connectivity index (χ1v) is 6.33. The molecular weight excluding hydrogens is 304 g/mol. The van der Waals surface area contributed by atoms with E-state index >= 15 is 0 Å². The zero-order valence-corrected chi connectivity index (χ0v) is 11.3. The van der Waals surface area contributed by atoms with Crippen LogP contribution < -0.4 is 11.3 Å². The summed E-state index contributed by atoms with van der Waals surface area (Å²) in [5.41, 5.74) is 6.10. The van der Waals surface area contributed by atoms with Crippen molar-refractivity contribution in [2.75, 3.05) is 5.73 Å². The van der Waals surface area contributed by atoms with Gasteiger partial charge in [-0.25, -0.2) is 9.97 Å². The first-order valence-electron chi connectivity index (χ1n) is 4.72. The van der Waals surface area contributed by atoms with Crippen LogP contribution in [0, 0.1) is 6.92 Å². The van der Waals surface area contributed by atoms with E-state index < -0.39 is 0 Å². The number of aryl methyl sites for hydroxylation is 1. The van der Waals surface area contributed by atoms with Gasteiger partial charge < -0.3 is 10.7 Å². The Morgan fingerprint density at radius 1 is 1.41 bits per heavy atom. The molecule has 2 aromatic rings. The Bertz CT molecular complexity index is 613. The molecule has 0 radical (unpaired) electrons. The highest BCUT2D eigenvalue weighted by molar-refractivity contribution is 9.10. The van der Waals surface area contributed by atoms with Crippen molar-refractivity contribution in [2.45, 2.75) is 17.1 Å². The van der Waals surface area contributed by atoms with Crippen LogP contribution in [0.3, 0.4) is 0 Å². The average molecular weight is 313 g/mol. The summed E-state index contributed by atoms with van der Waals surface area (Å²) in [6.07, 6.45) is 0. The Morgan fingerprint density at radius 2 is 2.18 bits per heavy atom. The van der Waals surface area contributed by atoms with Gasteiger partial charge in [-0.05, 0) is 46.7 Å². The van der Waals surface area contributed by atoms with Gasteiger partial charge in [-0.1, -0.05) is 0 Å². The van der Waals surface area contributed by atoms with Crippen LogP contribution in [0.15, 0.2) is 37.6 Å². The lowest BCUT2D eigenvalue weighted by Crippen LogP contribution is -2.09. The second-order valence-electron chi connectivity index (χ2n) is 3.29. The number of nitrogens with one attached hydrogen (secondary N) is 1. The highest BCUT2D eigenvalue weighted by Gasteiger charge is 2.04. The Hall–Kier alpha value is -1.34. The summed E-state index contributed by atoms with van der Waals surface area (Å²) < 4.78 is 0.941. The molecule has 0 saturated heterocycles. The largest absolute Gasteiger partial charge is 0.383 e. The molecule has 0 fully saturated rings. The molecule has 0 aliphatic heterocycles. The molecule has 0 unspecified atom stereocenters. The minimum atomic E-state index is -0.270. The monoisotopic (exact) mass is 312 g/mol. The van der Waals surface area contributed by atoms with Gasteiger partial charge in [0.05, 0.1) is 5.69 Å². The molecular formula is C10H9BrN4OS. The molecule has 3 N–H and O–H groups in total. The lowest BCUT2D eigenvalue weighted by atomic mass is 10.4. The van der Waals surface area contributed by atoms with Gasteiger partial charge in [-0.2, -0.15) is 0 Å². The van der Waals surface area contributed by atoms with Crippen molar-refractivity contribution in [1.82, 2.24) is 15.0 Å². The normalized spacial score (nSPS) is 10.5. The number of aromatic amines is 1. The van der Waals surface area contributed by atoms with Crippen LogP contribution >= 0.6 is 27.7 Å². The predicted molar refractivity (Wildman–Crippen MR) is 70.1 cm³/mol. The summed E-state index contributed by atoms with van der Waals surface area (Å²) in [7, 11) is 0. The van der Waals surface area contributed by atoms with Crippen molar-refractivity contribution in [3.8, 4) is 0 Å². The number of nitrogens with zero attached hydrogens (tertiary/aromatic N) is 2. The maximum Gasteiger partial charge on any atom is 0.253 e. The van der Waals surface area contributed by atoms with E-state index in [0.717, 1.165) is 15.2 Å². The zero-order chi connectivity index (χ0) is 12.4. The van der Waals surface area contributed by atoms with Crippen molar-refractivity contribution < 1.29 is 0 Å². The van der Waals surface area contributed by atoms with Crippen molar-refractivity contribution in [3.63, 3.8) is 0 Å². The number of halogens is 1. The second kappa shape index (κ2) is 4.89. The maximum absolute atomic E-state index is 11.2. The smallest absolute Gasteiger partial charge is 0.253 e. The van der Waals surface area contributed by atoms with Crippen LogP contribution in [-0.4, -0.2) is 15.0 Å². The first kappa shape index (κ1) is 12.1. The third kappa shape index (κ3) is 3.07. The molecule has 7 heteroatoms. The number of hydrogen-bond acceptors (Lipinski definition) is 5. The van der Waals surface area contributed by atoms with Gasteiger partial charge in [0, 0.05) is 10.5 Å². The molecule has 0 saturated carbocycles. The molecule has 0 aliphatic rings. The number of nitrogen functional groups attached to an aromatic ring is 1. The van der Waals surface area contributed by atoms with Gasteiger partial charge in [0.15, 0.2) is 5.16 Å². The van der Waals surface area contributed by atoms with Crippen molar-refractivity contribution in [2.24, 2.45) is 0 Å². The van der Waals surface area contributed by atoms with Crippen molar-refractivity contribution >= 4 is 33.5 Å². The van der Waals surface area contributed by atoms with Gasteiger partial charge in [-0.15, -0.1) is 0 Å². The summed E-state index contributed by atoms with van der Waals surface area (Å²) in [4.78, 5) is 22.2. The van der Waals surface area contributed by atoms with Crippen LogP contribution in [0.2, 0.25) is 0 Å². The fraction of sp³-hybridized carbons (Fsp3) is 0.100. The fourth-order valence-corrected chi connectivity index (χ4v) is 2.22. The number of pyridine rings is 1. The average Bonchev–Trinajstić information content (AvgIpc) is 2.22. The number of nitrogens with two attached hydrogens (primary N) is 1. The van der Waals surface area contributed by atoms with E-state index in [1.807, 2.05) is 19.1 Å². The van der Waals surface area contributed by atoms with E-state index in [9.17, 15) is 4.79 Å². The Kier molecular flexibility index (Phi) is 3.49. The number of H-pyrrole nitrogens is 1. The number of aromatic nitrogens is 3. The van der Waals surface area contributed by atoms with Gasteiger partial charge in [0.2, 0.25) is 0 Å². The summed E-state index contributed by atoms with van der Waals surface area (Å²) in [6, 6.07) is 4.98. The fourth-order valence-electron chi connectivity index (χ4n) is 1.18. The predicted octanol–water partition coefficient (Wildman–Crippen LogP) is 1.97. The van der Waals surface area contributed by atoms with Crippen LogP contribution in [0.5, 0.6) is 0 Å². The molecule has 17 heavy (non-hydrogen) atoms. The lowest BCUT2D eigenvalue weighted by Gasteiger charge is -2.03. The van der Waals surface area contributed by atoms with Crippen molar-refractivity contribution in [1.29, 1.82) is 0 Å². The van der Waals surface area contributed by atoms with Gasteiger partial charge >= 0.3 is 0 Å². The minimum Gasteiger partial charge on any atom is -0.383 e. The SMILES string of the molecule is Cc1nc(Sc2nc(N)cc(=O)[nH]2)ccc1Br. The standard InChI is InChI=1S/C10H9BrN4OS/c1-5-6(11)2-3-9(13-5)17-10-14-7(12)4-8(16)15-10/h2-4H,1H3,(H3,12,14,15,16).